The smallest absolute Gasteiger partial charge is 0.242 e. The molecule has 3 rings (SSSR count). The Balaban J connectivity index is 1.72. The zero-order valence-electron chi connectivity index (χ0n) is 21.2. The van der Waals surface area contributed by atoms with E-state index in [4.69, 9.17) is 11.6 Å². The number of nitrogens with zero attached hydrogens (tertiary/aromatic N) is 2. The number of nitrogens with one attached hydrogen (secondary N) is 1. The van der Waals surface area contributed by atoms with E-state index < -0.39 is 16.1 Å². The molecule has 0 spiro atoms. The van der Waals surface area contributed by atoms with Gasteiger partial charge in [-0.1, -0.05) is 54.8 Å². The third kappa shape index (κ3) is 7.71. The molecule has 0 heterocycles. The largest absolute Gasteiger partial charge is 0.352 e. The molecule has 2 amide bonds. The Morgan fingerprint density at radius 3 is 2.44 bits per heavy atom. The molecule has 1 aliphatic carbocycles. The van der Waals surface area contributed by atoms with E-state index in [2.05, 4.69) is 5.32 Å². The number of hydrogen-bond donors (Lipinski definition) is 1. The van der Waals surface area contributed by atoms with Gasteiger partial charge in [-0.25, -0.2) is 8.42 Å². The van der Waals surface area contributed by atoms with Crippen molar-refractivity contribution in [2.24, 2.45) is 0 Å². The van der Waals surface area contributed by atoms with Crippen molar-refractivity contribution in [2.45, 2.75) is 71.0 Å². The third-order valence-electron chi connectivity index (χ3n) is 6.61. The van der Waals surface area contributed by atoms with Crippen molar-refractivity contribution in [1.29, 1.82) is 0 Å². The monoisotopic (exact) mass is 533 g/mol. The first-order chi connectivity index (χ1) is 17.1. The van der Waals surface area contributed by atoms with Crippen LogP contribution < -0.4 is 9.62 Å². The molecular weight excluding hydrogens is 498 g/mol. The number of rotatable bonds is 11. The molecule has 0 aliphatic heterocycles. The van der Waals surface area contributed by atoms with E-state index in [0.29, 0.717) is 17.1 Å². The molecule has 9 heteroatoms. The van der Waals surface area contributed by atoms with Crippen LogP contribution in [0.3, 0.4) is 0 Å². The van der Waals surface area contributed by atoms with E-state index in [9.17, 15) is 18.0 Å². The molecule has 2 aromatic carbocycles. The molecule has 0 unspecified atom stereocenters. The van der Waals surface area contributed by atoms with Crippen LogP contribution in [0.1, 0.15) is 56.6 Å². The van der Waals surface area contributed by atoms with Crippen LogP contribution in [0.5, 0.6) is 0 Å². The number of carbonyl (C=O) groups excluding carboxylic acids is 2. The lowest BCUT2D eigenvalue weighted by Crippen LogP contribution is -2.49. The van der Waals surface area contributed by atoms with Gasteiger partial charge in [0.1, 0.15) is 6.04 Å². The Bertz CT molecular complexity index is 1170. The van der Waals surface area contributed by atoms with Crippen LogP contribution in [0.2, 0.25) is 5.02 Å². The Labute approximate surface area is 219 Å². The minimum Gasteiger partial charge on any atom is -0.352 e. The van der Waals surface area contributed by atoms with Crippen LogP contribution in [-0.4, -0.2) is 50.0 Å². The van der Waals surface area contributed by atoms with Crippen molar-refractivity contribution >= 4 is 39.1 Å². The molecule has 0 radical (unpaired) electrons. The number of carbonyl (C=O) groups is 2. The summed E-state index contributed by atoms with van der Waals surface area (Å²) in [6, 6.07) is 14.0. The van der Waals surface area contributed by atoms with E-state index in [0.717, 1.165) is 43.1 Å². The molecule has 0 saturated heterocycles. The van der Waals surface area contributed by atoms with E-state index in [-0.39, 0.29) is 37.4 Å². The van der Waals surface area contributed by atoms with Crippen LogP contribution in [0.4, 0.5) is 5.69 Å². The van der Waals surface area contributed by atoms with Crippen LogP contribution in [-0.2, 0) is 26.2 Å². The van der Waals surface area contributed by atoms with Gasteiger partial charge in [-0.15, -0.1) is 0 Å². The first kappa shape index (κ1) is 28.0. The Morgan fingerprint density at radius 1 is 1.11 bits per heavy atom. The van der Waals surface area contributed by atoms with Gasteiger partial charge in [-0.2, -0.15) is 0 Å². The molecule has 1 fully saturated rings. The van der Waals surface area contributed by atoms with E-state index in [1.165, 1.54) is 4.31 Å². The van der Waals surface area contributed by atoms with E-state index >= 15 is 0 Å². The van der Waals surface area contributed by atoms with Gasteiger partial charge < -0.3 is 10.2 Å². The van der Waals surface area contributed by atoms with Crippen molar-refractivity contribution in [1.82, 2.24) is 10.2 Å². The average molecular weight is 534 g/mol. The Morgan fingerprint density at radius 2 is 1.81 bits per heavy atom. The lowest BCUT2D eigenvalue weighted by molar-refractivity contribution is -0.140. The molecule has 36 heavy (non-hydrogen) atoms. The van der Waals surface area contributed by atoms with Gasteiger partial charge in [0.25, 0.3) is 0 Å². The van der Waals surface area contributed by atoms with Crippen LogP contribution in [0.15, 0.2) is 48.5 Å². The van der Waals surface area contributed by atoms with Crippen molar-refractivity contribution in [3.63, 3.8) is 0 Å². The van der Waals surface area contributed by atoms with Gasteiger partial charge in [0.05, 0.1) is 11.9 Å². The second-order valence-electron chi connectivity index (χ2n) is 9.56. The quantitative estimate of drug-likeness (QED) is 0.454. The fourth-order valence-electron chi connectivity index (χ4n) is 4.57. The molecular formula is C27H36ClN3O4S. The predicted molar refractivity (Wildman–Crippen MR) is 144 cm³/mol. The van der Waals surface area contributed by atoms with Crippen molar-refractivity contribution in [3.8, 4) is 0 Å². The fraction of sp³-hybridized carbons (Fsp3) is 0.481. The minimum absolute atomic E-state index is 0.101. The maximum Gasteiger partial charge on any atom is 0.242 e. The SMILES string of the molecule is Cc1cccc(N(CCCC(=O)N(Cc2ccccc2Cl)[C@H](C)C(=O)NC2CCCC2)S(C)(=O)=O)c1. The highest BCUT2D eigenvalue weighted by atomic mass is 35.5. The number of halogens is 1. The summed E-state index contributed by atoms with van der Waals surface area (Å²) in [5.41, 5.74) is 2.28. The second-order valence-corrected chi connectivity index (χ2v) is 11.9. The van der Waals surface area contributed by atoms with Crippen LogP contribution in [0, 0.1) is 6.92 Å². The fourth-order valence-corrected chi connectivity index (χ4v) is 5.72. The van der Waals surface area contributed by atoms with Gasteiger partial charge in [-0.05, 0) is 62.4 Å². The average Bonchev–Trinajstić information content (AvgIpc) is 3.33. The normalized spacial score (nSPS) is 14.9. The van der Waals surface area contributed by atoms with Crippen molar-refractivity contribution in [2.75, 3.05) is 17.1 Å². The molecule has 7 nitrogen and oxygen atoms in total. The third-order valence-corrected chi connectivity index (χ3v) is 8.17. The first-order valence-electron chi connectivity index (χ1n) is 12.4. The molecule has 1 atom stereocenters. The van der Waals surface area contributed by atoms with Gasteiger partial charge >= 0.3 is 0 Å². The van der Waals surface area contributed by atoms with E-state index in [1.54, 1.807) is 24.0 Å². The van der Waals surface area contributed by atoms with Gasteiger partial charge in [0.15, 0.2) is 0 Å². The highest BCUT2D eigenvalue weighted by Crippen LogP contribution is 2.23. The number of anilines is 1. The summed E-state index contributed by atoms with van der Waals surface area (Å²) >= 11 is 6.36. The summed E-state index contributed by atoms with van der Waals surface area (Å²) in [5, 5.41) is 3.61. The van der Waals surface area contributed by atoms with Crippen LogP contribution >= 0.6 is 11.6 Å². The lowest BCUT2D eigenvalue weighted by Gasteiger charge is -2.30. The number of sulfonamides is 1. The highest BCUT2D eigenvalue weighted by molar-refractivity contribution is 7.92. The first-order valence-corrected chi connectivity index (χ1v) is 14.7. The summed E-state index contributed by atoms with van der Waals surface area (Å²) in [4.78, 5) is 28.0. The lowest BCUT2D eigenvalue weighted by atomic mass is 10.1. The standard InChI is InChI=1S/C27H36ClN3O4S/c1-20-10-8-14-24(18-20)31(36(3,34)35)17-9-16-26(32)30(19-22-11-4-7-15-25(22)28)21(2)27(33)29-23-12-5-6-13-23/h4,7-8,10-11,14-15,18,21,23H,5-6,9,12-13,16-17,19H2,1-3H3,(H,29,33)/t21-/m1/s1. The van der Waals surface area contributed by atoms with Gasteiger partial charge in [-0.3, -0.25) is 13.9 Å². The maximum atomic E-state index is 13.4. The summed E-state index contributed by atoms with van der Waals surface area (Å²) in [6.07, 6.45) is 5.68. The number of amides is 2. The van der Waals surface area contributed by atoms with Crippen molar-refractivity contribution in [3.05, 3.63) is 64.7 Å². The topological polar surface area (TPSA) is 86.8 Å². The zero-order chi connectivity index (χ0) is 26.3. The minimum atomic E-state index is -3.52. The molecule has 0 aromatic heterocycles. The van der Waals surface area contributed by atoms with Gasteiger partial charge in [0, 0.05) is 30.6 Å². The molecule has 1 aliphatic rings. The number of hydrogen-bond acceptors (Lipinski definition) is 4. The maximum absolute atomic E-state index is 13.4. The van der Waals surface area contributed by atoms with Crippen LogP contribution in [0.25, 0.3) is 0 Å². The van der Waals surface area contributed by atoms with Gasteiger partial charge in [0.2, 0.25) is 21.8 Å². The summed E-state index contributed by atoms with van der Waals surface area (Å²) in [7, 11) is -3.52. The second kappa shape index (κ2) is 12.6. The molecule has 2 aromatic rings. The summed E-state index contributed by atoms with van der Waals surface area (Å²) in [5.74, 6) is -0.401. The highest BCUT2D eigenvalue weighted by Gasteiger charge is 2.29. The van der Waals surface area contributed by atoms with E-state index in [1.807, 2.05) is 43.3 Å². The zero-order valence-corrected chi connectivity index (χ0v) is 22.8. The summed E-state index contributed by atoms with van der Waals surface area (Å²) in [6.45, 7) is 3.99. The molecule has 1 N–H and O–H groups in total. The Kier molecular flexibility index (Phi) is 9.79. The molecule has 196 valence electrons. The Hall–Kier alpha value is -2.58. The molecule has 0 bridgehead atoms. The predicted octanol–water partition coefficient (Wildman–Crippen LogP) is 4.67. The van der Waals surface area contributed by atoms with Crippen molar-refractivity contribution < 1.29 is 18.0 Å². The number of benzene rings is 2. The summed E-state index contributed by atoms with van der Waals surface area (Å²) < 4.78 is 26.2. The number of aryl methyl sites for hydroxylation is 1. The molecule has 1 saturated carbocycles.